The molecule has 1 aromatic heterocycles. The molecule has 110 valence electrons. The number of hydrogen-bond acceptors (Lipinski definition) is 5. The predicted octanol–water partition coefficient (Wildman–Crippen LogP) is 2.07. The molecule has 0 saturated heterocycles. The zero-order valence-electron chi connectivity index (χ0n) is 10.8. The Morgan fingerprint density at radius 3 is 2.05 bits per heavy atom. The van der Waals surface area contributed by atoms with Crippen LogP contribution < -0.4 is 5.73 Å². The Balaban J connectivity index is 0.00000200. The van der Waals surface area contributed by atoms with Crippen LogP contribution in [0.15, 0.2) is 35.2 Å². The van der Waals surface area contributed by atoms with E-state index in [0.29, 0.717) is 17.1 Å². The van der Waals surface area contributed by atoms with Crippen molar-refractivity contribution in [2.45, 2.75) is 18.7 Å². The van der Waals surface area contributed by atoms with E-state index in [1.54, 1.807) is 19.9 Å². The number of benzene rings is 1. The first-order valence-electron chi connectivity index (χ1n) is 5.53. The van der Waals surface area contributed by atoms with Gasteiger partial charge in [-0.05, 0) is 49.5 Å². The van der Waals surface area contributed by atoms with Gasteiger partial charge in [0.25, 0.3) is 0 Å². The first kappa shape index (κ1) is 16.6. The van der Waals surface area contributed by atoms with Crippen molar-refractivity contribution >= 4 is 21.7 Å². The molecule has 2 N–H and O–H groups in total. The van der Waals surface area contributed by atoms with Crippen LogP contribution in [0.5, 0.6) is 0 Å². The maximum atomic E-state index is 12.0. The SMILES string of the molecule is Cc1cc(C)nc([N-]S(=O)(=O)c2ccc(N)cc2)n1.[Ag+]. The Kier molecular flexibility index (Phi) is 5.29. The number of nitrogen functional groups attached to an aromatic ring is 1. The number of aryl methyl sites for hydroxylation is 2. The third-order valence-electron chi connectivity index (χ3n) is 2.35. The summed E-state index contributed by atoms with van der Waals surface area (Å²) in [5.74, 6) is -0.0608. The van der Waals surface area contributed by atoms with Gasteiger partial charge in [0.05, 0.1) is 4.90 Å². The number of nitrogens with two attached hydrogens (primary N) is 1. The summed E-state index contributed by atoms with van der Waals surface area (Å²) >= 11 is 0. The van der Waals surface area contributed by atoms with E-state index in [1.165, 1.54) is 24.3 Å². The van der Waals surface area contributed by atoms with Crippen LogP contribution in [0.3, 0.4) is 0 Å². The number of sulfonamides is 1. The Bertz CT molecular complexity index is 682. The minimum atomic E-state index is -3.82. The zero-order chi connectivity index (χ0) is 14.0. The summed E-state index contributed by atoms with van der Waals surface area (Å²) in [6, 6.07) is 7.55. The van der Waals surface area contributed by atoms with Crippen molar-refractivity contribution in [2.24, 2.45) is 0 Å². The van der Waals surface area contributed by atoms with E-state index in [-0.39, 0.29) is 33.2 Å². The predicted molar refractivity (Wildman–Crippen MR) is 72.6 cm³/mol. The first-order chi connectivity index (χ1) is 8.87. The minimum Gasteiger partial charge on any atom is -0.399 e. The summed E-state index contributed by atoms with van der Waals surface area (Å²) in [6.07, 6.45) is 0. The van der Waals surface area contributed by atoms with Crippen LogP contribution in [0, 0.1) is 13.8 Å². The van der Waals surface area contributed by atoms with Crippen molar-refractivity contribution < 1.29 is 30.8 Å². The van der Waals surface area contributed by atoms with Crippen molar-refractivity contribution in [3.8, 4) is 0 Å². The van der Waals surface area contributed by atoms with E-state index in [2.05, 4.69) is 14.7 Å². The molecule has 6 nitrogen and oxygen atoms in total. The number of anilines is 1. The van der Waals surface area contributed by atoms with Crippen molar-refractivity contribution in [1.82, 2.24) is 9.97 Å². The maximum Gasteiger partial charge on any atom is 1.00 e. The molecule has 0 saturated carbocycles. The zero-order valence-corrected chi connectivity index (χ0v) is 13.1. The monoisotopic (exact) mass is 384 g/mol. The van der Waals surface area contributed by atoms with Crippen molar-refractivity contribution in [3.05, 3.63) is 46.4 Å². The van der Waals surface area contributed by atoms with E-state index in [0.717, 1.165) is 0 Å². The van der Waals surface area contributed by atoms with E-state index < -0.39 is 10.0 Å². The summed E-state index contributed by atoms with van der Waals surface area (Å²) in [5.41, 5.74) is 7.33. The average molecular weight is 385 g/mol. The number of rotatable bonds is 3. The van der Waals surface area contributed by atoms with Crippen LogP contribution in [0.4, 0.5) is 11.6 Å². The van der Waals surface area contributed by atoms with Crippen LogP contribution in [0.1, 0.15) is 11.4 Å². The van der Waals surface area contributed by atoms with Crippen LogP contribution >= 0.6 is 0 Å². The molecule has 0 spiro atoms. The van der Waals surface area contributed by atoms with Crippen molar-refractivity contribution in [3.63, 3.8) is 0 Å². The molecule has 0 unspecified atom stereocenters. The topological polar surface area (TPSA) is 100 Å². The Morgan fingerprint density at radius 1 is 1.05 bits per heavy atom. The molecule has 20 heavy (non-hydrogen) atoms. The Hall–Kier alpha value is -1.41. The molecule has 0 bridgehead atoms. The second-order valence-electron chi connectivity index (χ2n) is 4.09. The van der Waals surface area contributed by atoms with Crippen molar-refractivity contribution in [2.75, 3.05) is 5.73 Å². The van der Waals surface area contributed by atoms with Gasteiger partial charge in [-0.15, -0.1) is 0 Å². The van der Waals surface area contributed by atoms with Gasteiger partial charge in [-0.3, -0.25) is 4.72 Å². The normalized spacial score (nSPS) is 10.7. The molecular formula is C12H13AgN4O2S. The molecule has 0 radical (unpaired) electrons. The van der Waals surface area contributed by atoms with Gasteiger partial charge < -0.3 is 15.7 Å². The van der Waals surface area contributed by atoms with E-state index in [4.69, 9.17) is 5.73 Å². The number of aromatic nitrogens is 2. The van der Waals surface area contributed by atoms with Gasteiger partial charge in [0, 0.05) is 11.6 Å². The van der Waals surface area contributed by atoms with Gasteiger partial charge in [0.15, 0.2) is 0 Å². The van der Waals surface area contributed by atoms with E-state index in [1.807, 2.05) is 0 Å². The van der Waals surface area contributed by atoms with Gasteiger partial charge in [-0.25, -0.2) is 8.42 Å². The molecule has 1 heterocycles. The molecular weight excluding hydrogens is 372 g/mol. The van der Waals surface area contributed by atoms with E-state index in [9.17, 15) is 8.42 Å². The molecule has 0 amide bonds. The molecule has 0 aliphatic heterocycles. The fourth-order valence-corrected chi connectivity index (χ4v) is 2.43. The third-order valence-corrected chi connectivity index (χ3v) is 3.62. The molecule has 8 heteroatoms. The molecule has 2 aromatic rings. The number of hydrogen-bond donors (Lipinski definition) is 1. The fourth-order valence-electron chi connectivity index (χ4n) is 1.55. The summed E-state index contributed by atoms with van der Waals surface area (Å²) in [6.45, 7) is 3.51. The molecule has 0 aliphatic carbocycles. The smallest absolute Gasteiger partial charge is 0.399 e. The Morgan fingerprint density at radius 2 is 1.55 bits per heavy atom. The standard InChI is InChI=1S/C12H13N4O2S.Ag/c1-8-7-9(2)15-12(14-8)16-19(17,18)11-5-3-10(13)4-6-11;/h3-7H,13H2,1-2H3;/q-1;+1. The number of nitrogens with zero attached hydrogens (tertiary/aromatic N) is 3. The van der Waals surface area contributed by atoms with Gasteiger partial charge in [0.1, 0.15) is 0 Å². The van der Waals surface area contributed by atoms with Crippen LogP contribution in [-0.2, 0) is 32.4 Å². The Labute approximate surface area is 133 Å². The molecule has 2 rings (SSSR count). The first-order valence-corrected chi connectivity index (χ1v) is 6.97. The molecule has 0 aliphatic rings. The van der Waals surface area contributed by atoms with Crippen LogP contribution in [0.25, 0.3) is 4.72 Å². The van der Waals surface area contributed by atoms with Crippen LogP contribution in [0.2, 0.25) is 0 Å². The van der Waals surface area contributed by atoms with Crippen molar-refractivity contribution in [1.29, 1.82) is 0 Å². The van der Waals surface area contributed by atoms with Gasteiger partial charge in [0.2, 0.25) is 10.0 Å². The summed E-state index contributed by atoms with van der Waals surface area (Å²) in [7, 11) is -3.82. The fraction of sp³-hybridized carbons (Fsp3) is 0.167. The summed E-state index contributed by atoms with van der Waals surface area (Å²) in [4.78, 5) is 8.02. The largest absolute Gasteiger partial charge is 1.00 e. The summed E-state index contributed by atoms with van der Waals surface area (Å²) < 4.78 is 27.7. The third kappa shape index (κ3) is 4.04. The van der Waals surface area contributed by atoms with E-state index >= 15 is 0 Å². The molecule has 0 atom stereocenters. The maximum absolute atomic E-state index is 12.0. The van der Waals surface area contributed by atoms with Gasteiger partial charge in [-0.1, -0.05) is 6.07 Å². The van der Waals surface area contributed by atoms with Gasteiger partial charge in [-0.2, -0.15) is 0 Å². The summed E-state index contributed by atoms with van der Waals surface area (Å²) in [5, 5.41) is 0. The minimum absolute atomic E-state index is 0. The van der Waals surface area contributed by atoms with Gasteiger partial charge >= 0.3 is 22.4 Å². The average Bonchev–Trinajstić information content (AvgIpc) is 2.27. The quantitative estimate of drug-likeness (QED) is 0.644. The van der Waals surface area contributed by atoms with Crippen LogP contribution in [-0.4, -0.2) is 18.4 Å². The second-order valence-corrected chi connectivity index (χ2v) is 5.69. The molecule has 1 aromatic carbocycles. The molecule has 0 fully saturated rings. The second kappa shape index (κ2) is 6.36.